The van der Waals surface area contributed by atoms with Gasteiger partial charge in [-0.25, -0.2) is 8.42 Å². The highest BCUT2D eigenvalue weighted by Crippen LogP contribution is 2.29. The fourth-order valence-corrected chi connectivity index (χ4v) is 4.61. The minimum absolute atomic E-state index is 0.0799. The molecule has 1 aromatic heterocycles. The summed E-state index contributed by atoms with van der Waals surface area (Å²) in [6, 6.07) is 16.4. The number of hydrogen-bond donors (Lipinski definition) is 1. The van der Waals surface area contributed by atoms with Crippen molar-refractivity contribution in [3.05, 3.63) is 94.8 Å². The van der Waals surface area contributed by atoms with E-state index in [0.717, 1.165) is 5.56 Å². The average molecular weight is 415 g/mol. The van der Waals surface area contributed by atoms with Crippen LogP contribution in [0.5, 0.6) is 0 Å². The van der Waals surface area contributed by atoms with Crippen LogP contribution in [0, 0.1) is 6.92 Å². The number of hydrogen-bond acceptors (Lipinski definition) is 4. The number of nitrogens with one attached hydrogen (secondary N) is 1. The molecular weight excluding hydrogens is 396 g/mol. The SMILES string of the molecule is Cc1cccc(C(=O)NC[C@H](c2cccnc2)S(=O)(=O)c2ccc(Cl)cc2)c1. The lowest BCUT2D eigenvalue weighted by molar-refractivity contribution is 0.0953. The van der Waals surface area contributed by atoms with E-state index < -0.39 is 15.1 Å². The number of rotatable bonds is 6. The predicted molar refractivity (Wildman–Crippen MR) is 109 cm³/mol. The zero-order chi connectivity index (χ0) is 20.1. The van der Waals surface area contributed by atoms with Crippen molar-refractivity contribution in [3.8, 4) is 0 Å². The van der Waals surface area contributed by atoms with E-state index in [9.17, 15) is 13.2 Å². The van der Waals surface area contributed by atoms with Crippen LogP contribution in [0.1, 0.15) is 26.7 Å². The van der Waals surface area contributed by atoms with Crippen LogP contribution >= 0.6 is 11.6 Å². The molecule has 5 nitrogen and oxygen atoms in total. The Balaban J connectivity index is 1.90. The predicted octanol–water partition coefficient (Wildman–Crippen LogP) is 3.99. The summed E-state index contributed by atoms with van der Waals surface area (Å²) in [5.41, 5.74) is 1.93. The van der Waals surface area contributed by atoms with Crippen molar-refractivity contribution in [1.29, 1.82) is 0 Å². The zero-order valence-electron chi connectivity index (χ0n) is 15.2. The second-order valence-electron chi connectivity index (χ2n) is 6.35. The number of aromatic nitrogens is 1. The summed E-state index contributed by atoms with van der Waals surface area (Å²) < 4.78 is 26.5. The van der Waals surface area contributed by atoms with Crippen LogP contribution in [0.25, 0.3) is 0 Å². The number of benzene rings is 2. The first-order valence-corrected chi connectivity index (χ1v) is 10.5. The summed E-state index contributed by atoms with van der Waals surface area (Å²) in [6.45, 7) is 1.81. The van der Waals surface area contributed by atoms with Crippen LogP contribution in [-0.2, 0) is 9.84 Å². The maximum Gasteiger partial charge on any atom is 0.251 e. The van der Waals surface area contributed by atoms with Crippen LogP contribution in [0.4, 0.5) is 0 Å². The van der Waals surface area contributed by atoms with Crippen LogP contribution in [0.15, 0.2) is 78.0 Å². The summed E-state index contributed by atoms with van der Waals surface area (Å²) in [6.07, 6.45) is 3.07. The molecule has 0 saturated heterocycles. The molecule has 144 valence electrons. The molecule has 1 heterocycles. The minimum atomic E-state index is -3.77. The highest BCUT2D eigenvalue weighted by atomic mass is 35.5. The van der Waals surface area contributed by atoms with E-state index >= 15 is 0 Å². The molecule has 1 N–H and O–H groups in total. The number of nitrogens with zero attached hydrogens (tertiary/aromatic N) is 1. The molecule has 0 radical (unpaired) electrons. The van der Waals surface area contributed by atoms with Crippen molar-refractivity contribution in [2.45, 2.75) is 17.1 Å². The molecule has 0 bridgehead atoms. The Hall–Kier alpha value is -2.70. The van der Waals surface area contributed by atoms with Crippen molar-refractivity contribution >= 4 is 27.3 Å². The van der Waals surface area contributed by atoms with Crippen LogP contribution in [-0.4, -0.2) is 25.9 Å². The molecular formula is C21H19ClN2O3S. The van der Waals surface area contributed by atoms with Gasteiger partial charge in [0, 0.05) is 29.5 Å². The number of aryl methyl sites for hydroxylation is 1. The molecule has 0 fully saturated rings. The van der Waals surface area contributed by atoms with Crippen LogP contribution in [0.3, 0.4) is 0 Å². The van der Waals surface area contributed by atoms with Gasteiger partial charge in [0.15, 0.2) is 9.84 Å². The van der Waals surface area contributed by atoms with E-state index in [2.05, 4.69) is 10.3 Å². The van der Waals surface area contributed by atoms with Gasteiger partial charge in [-0.05, 0) is 55.0 Å². The van der Waals surface area contributed by atoms with Gasteiger partial charge in [0.25, 0.3) is 5.91 Å². The topological polar surface area (TPSA) is 76.1 Å². The fraction of sp³-hybridized carbons (Fsp3) is 0.143. The summed E-state index contributed by atoms with van der Waals surface area (Å²) in [5, 5.41) is 2.21. The molecule has 3 aromatic rings. The summed E-state index contributed by atoms with van der Waals surface area (Å²) in [7, 11) is -3.77. The molecule has 0 spiro atoms. The van der Waals surface area contributed by atoms with Gasteiger partial charge in [-0.2, -0.15) is 0 Å². The standard InChI is InChI=1S/C21H19ClN2O3S/c1-15-4-2-5-16(12-15)21(25)24-14-20(17-6-3-11-23-13-17)28(26,27)19-9-7-18(22)8-10-19/h2-13,20H,14H2,1H3,(H,24,25)/t20-/m1/s1. The molecule has 1 amide bonds. The summed E-state index contributed by atoms with van der Waals surface area (Å²) in [5.74, 6) is -0.330. The van der Waals surface area contributed by atoms with E-state index in [-0.39, 0.29) is 17.3 Å². The van der Waals surface area contributed by atoms with E-state index in [4.69, 9.17) is 11.6 Å². The Morgan fingerprint density at radius 2 is 1.86 bits per heavy atom. The molecule has 0 saturated carbocycles. The number of pyridine rings is 1. The van der Waals surface area contributed by atoms with Gasteiger partial charge in [-0.3, -0.25) is 9.78 Å². The zero-order valence-corrected chi connectivity index (χ0v) is 16.7. The van der Waals surface area contributed by atoms with E-state index in [1.165, 1.54) is 30.5 Å². The van der Waals surface area contributed by atoms with E-state index in [0.29, 0.717) is 16.1 Å². The smallest absolute Gasteiger partial charge is 0.251 e. The van der Waals surface area contributed by atoms with Gasteiger partial charge in [0.2, 0.25) is 0 Å². The molecule has 0 aliphatic rings. The Bertz CT molecular complexity index is 1070. The Morgan fingerprint density at radius 3 is 2.50 bits per heavy atom. The molecule has 0 unspecified atom stereocenters. The lowest BCUT2D eigenvalue weighted by atomic mass is 10.1. The normalized spacial score (nSPS) is 12.4. The van der Waals surface area contributed by atoms with Crippen molar-refractivity contribution in [2.75, 3.05) is 6.54 Å². The molecule has 2 aromatic carbocycles. The Morgan fingerprint density at radius 1 is 1.11 bits per heavy atom. The fourth-order valence-electron chi connectivity index (χ4n) is 2.84. The lowest BCUT2D eigenvalue weighted by Crippen LogP contribution is -2.32. The number of amides is 1. The van der Waals surface area contributed by atoms with Gasteiger partial charge < -0.3 is 5.32 Å². The largest absolute Gasteiger partial charge is 0.350 e. The van der Waals surface area contributed by atoms with Gasteiger partial charge >= 0.3 is 0 Å². The molecule has 0 aliphatic heterocycles. The van der Waals surface area contributed by atoms with Crippen molar-refractivity contribution < 1.29 is 13.2 Å². The quantitative estimate of drug-likeness (QED) is 0.661. The van der Waals surface area contributed by atoms with Crippen molar-refractivity contribution in [1.82, 2.24) is 10.3 Å². The molecule has 0 aliphatic carbocycles. The third-order valence-corrected chi connectivity index (χ3v) is 6.67. The first-order valence-electron chi connectivity index (χ1n) is 8.62. The summed E-state index contributed by atoms with van der Waals surface area (Å²) >= 11 is 5.88. The average Bonchev–Trinajstić information content (AvgIpc) is 2.69. The van der Waals surface area contributed by atoms with Crippen molar-refractivity contribution in [3.63, 3.8) is 0 Å². The molecule has 1 atom stereocenters. The monoisotopic (exact) mass is 414 g/mol. The van der Waals surface area contributed by atoms with Gasteiger partial charge in [0.05, 0.1) is 4.90 Å². The maximum atomic E-state index is 13.2. The minimum Gasteiger partial charge on any atom is -0.350 e. The van der Waals surface area contributed by atoms with E-state index in [1.807, 2.05) is 13.0 Å². The van der Waals surface area contributed by atoms with Gasteiger partial charge in [-0.15, -0.1) is 0 Å². The highest BCUT2D eigenvalue weighted by Gasteiger charge is 2.30. The first-order chi connectivity index (χ1) is 13.4. The van der Waals surface area contributed by atoms with Gasteiger partial charge in [-0.1, -0.05) is 35.4 Å². The Labute approximate surface area is 169 Å². The molecule has 3 rings (SSSR count). The molecule has 28 heavy (non-hydrogen) atoms. The third kappa shape index (κ3) is 4.58. The highest BCUT2D eigenvalue weighted by molar-refractivity contribution is 7.91. The number of carbonyl (C=O) groups excluding carboxylic acids is 1. The summed E-state index contributed by atoms with van der Waals surface area (Å²) in [4.78, 5) is 16.7. The third-order valence-electron chi connectivity index (χ3n) is 4.30. The number of carbonyl (C=O) groups is 1. The van der Waals surface area contributed by atoms with Crippen molar-refractivity contribution in [2.24, 2.45) is 0 Å². The molecule has 7 heteroatoms. The first kappa shape index (κ1) is 20.0. The van der Waals surface area contributed by atoms with Crippen LogP contribution < -0.4 is 5.32 Å². The second-order valence-corrected chi connectivity index (χ2v) is 8.92. The Kier molecular flexibility index (Phi) is 6.11. The second kappa shape index (κ2) is 8.54. The number of sulfone groups is 1. The van der Waals surface area contributed by atoms with Gasteiger partial charge in [0.1, 0.15) is 5.25 Å². The van der Waals surface area contributed by atoms with Crippen LogP contribution in [0.2, 0.25) is 5.02 Å². The number of halogens is 1. The lowest BCUT2D eigenvalue weighted by Gasteiger charge is -2.19. The van der Waals surface area contributed by atoms with E-state index in [1.54, 1.807) is 36.5 Å². The maximum absolute atomic E-state index is 13.2.